The Morgan fingerprint density at radius 1 is 1.03 bits per heavy atom. The number of imidazole rings is 1. The molecule has 0 spiro atoms. The molecule has 9 heteroatoms. The van der Waals surface area contributed by atoms with Gasteiger partial charge in [0.05, 0.1) is 11.4 Å². The highest BCUT2D eigenvalue weighted by Gasteiger charge is 2.17. The van der Waals surface area contributed by atoms with Gasteiger partial charge in [-0.25, -0.2) is 14.5 Å². The molecule has 33 heavy (non-hydrogen) atoms. The molecule has 1 aromatic carbocycles. The van der Waals surface area contributed by atoms with Crippen LogP contribution in [0.2, 0.25) is 5.02 Å². The Bertz CT molecular complexity index is 1440. The number of aromatic amines is 1. The maximum atomic E-state index is 6.31. The maximum absolute atomic E-state index is 6.31. The number of nitrogens with one attached hydrogen (secondary N) is 1. The Hall–Kier alpha value is -3.49. The van der Waals surface area contributed by atoms with Crippen molar-refractivity contribution in [1.82, 2.24) is 34.4 Å². The van der Waals surface area contributed by atoms with Crippen molar-refractivity contribution in [3.63, 3.8) is 0 Å². The number of fused-ring (bicyclic) bond motifs is 1. The predicted octanol–water partition coefficient (Wildman–Crippen LogP) is 4.00. The van der Waals surface area contributed by atoms with Crippen LogP contribution in [0.4, 0.5) is 0 Å². The van der Waals surface area contributed by atoms with Crippen molar-refractivity contribution >= 4 is 25.2 Å². The van der Waals surface area contributed by atoms with E-state index in [0.29, 0.717) is 6.54 Å². The van der Waals surface area contributed by atoms with Crippen molar-refractivity contribution in [2.24, 2.45) is 0 Å². The summed E-state index contributed by atoms with van der Waals surface area (Å²) >= 11 is 6.31. The SMILES string of the molecule is BN(Cc1nc(-c2cccc(C)n2)c(-c2ccc3ncnn3c2)[nH]1)Cc1cccc(Cl)c1C. The van der Waals surface area contributed by atoms with Crippen LogP contribution < -0.4 is 0 Å². The second-order valence-electron chi connectivity index (χ2n) is 8.25. The highest BCUT2D eigenvalue weighted by molar-refractivity contribution is 6.31. The molecule has 0 aliphatic carbocycles. The number of aromatic nitrogens is 6. The predicted molar refractivity (Wildman–Crippen MR) is 133 cm³/mol. The van der Waals surface area contributed by atoms with Crippen LogP contribution in [-0.4, -0.2) is 42.3 Å². The molecule has 0 atom stereocenters. The minimum atomic E-state index is 0.649. The van der Waals surface area contributed by atoms with E-state index in [1.807, 2.05) is 55.6 Å². The van der Waals surface area contributed by atoms with Gasteiger partial charge in [0.15, 0.2) is 13.6 Å². The summed E-state index contributed by atoms with van der Waals surface area (Å²) in [4.78, 5) is 19.7. The summed E-state index contributed by atoms with van der Waals surface area (Å²) in [6.07, 6.45) is 3.51. The molecule has 7 nitrogen and oxygen atoms in total. The summed E-state index contributed by atoms with van der Waals surface area (Å²) in [6, 6.07) is 16.0. The lowest BCUT2D eigenvalue weighted by molar-refractivity contribution is 0.431. The van der Waals surface area contributed by atoms with Gasteiger partial charge in [0, 0.05) is 35.6 Å². The Morgan fingerprint density at radius 2 is 1.88 bits per heavy atom. The third-order valence-electron chi connectivity index (χ3n) is 5.69. The Balaban J connectivity index is 1.50. The van der Waals surface area contributed by atoms with Crippen molar-refractivity contribution in [3.8, 4) is 22.6 Å². The molecule has 0 aliphatic rings. The third-order valence-corrected chi connectivity index (χ3v) is 6.10. The number of halogens is 1. The second kappa shape index (κ2) is 8.81. The number of hydrogen-bond acceptors (Lipinski definition) is 5. The van der Waals surface area contributed by atoms with Gasteiger partial charge in [-0.1, -0.05) is 29.8 Å². The van der Waals surface area contributed by atoms with E-state index in [2.05, 4.69) is 40.8 Å². The van der Waals surface area contributed by atoms with Gasteiger partial charge in [0.25, 0.3) is 0 Å². The molecule has 1 N–H and O–H groups in total. The number of nitrogens with zero attached hydrogens (tertiary/aromatic N) is 6. The molecule has 0 saturated carbocycles. The zero-order valence-electron chi connectivity index (χ0n) is 18.7. The first-order valence-corrected chi connectivity index (χ1v) is 11.1. The van der Waals surface area contributed by atoms with Gasteiger partial charge in [-0.3, -0.25) is 4.98 Å². The van der Waals surface area contributed by atoms with E-state index >= 15 is 0 Å². The minimum absolute atomic E-state index is 0.649. The van der Waals surface area contributed by atoms with Gasteiger partial charge in [-0.05, 0) is 55.3 Å². The lowest BCUT2D eigenvalue weighted by Gasteiger charge is -2.17. The van der Waals surface area contributed by atoms with Crippen LogP contribution >= 0.6 is 11.6 Å². The fraction of sp³-hybridized carbons (Fsp3) is 0.167. The molecule has 4 aromatic heterocycles. The number of rotatable bonds is 6. The quantitative estimate of drug-likeness (QED) is 0.392. The molecule has 0 unspecified atom stereocenters. The zero-order chi connectivity index (χ0) is 22.9. The second-order valence-corrected chi connectivity index (χ2v) is 8.66. The molecule has 164 valence electrons. The number of pyridine rings is 2. The summed E-state index contributed by atoms with van der Waals surface area (Å²) in [5.41, 5.74) is 7.59. The average Bonchev–Trinajstić information content (AvgIpc) is 3.43. The molecular weight excluding hydrogens is 433 g/mol. The summed E-state index contributed by atoms with van der Waals surface area (Å²) in [6.45, 7) is 5.46. The molecule has 5 aromatic rings. The molecule has 4 heterocycles. The van der Waals surface area contributed by atoms with Gasteiger partial charge >= 0.3 is 0 Å². The van der Waals surface area contributed by atoms with Crippen molar-refractivity contribution in [2.75, 3.05) is 0 Å². The van der Waals surface area contributed by atoms with E-state index in [9.17, 15) is 0 Å². The molecule has 0 radical (unpaired) electrons. The summed E-state index contributed by atoms with van der Waals surface area (Å²) in [5.74, 6) is 0.865. The van der Waals surface area contributed by atoms with Crippen molar-refractivity contribution in [2.45, 2.75) is 26.9 Å². The number of benzene rings is 1. The van der Waals surface area contributed by atoms with Crippen LogP contribution in [0.25, 0.3) is 28.3 Å². The molecule has 0 bridgehead atoms. The zero-order valence-corrected chi connectivity index (χ0v) is 19.5. The summed E-state index contributed by atoms with van der Waals surface area (Å²) in [7, 11) is 2.08. The van der Waals surface area contributed by atoms with E-state index < -0.39 is 0 Å². The monoisotopic (exact) mass is 455 g/mol. The fourth-order valence-electron chi connectivity index (χ4n) is 3.96. The van der Waals surface area contributed by atoms with Crippen molar-refractivity contribution in [3.05, 3.63) is 88.7 Å². The lowest BCUT2D eigenvalue weighted by atomic mass is 10.1. The average molecular weight is 456 g/mol. The van der Waals surface area contributed by atoms with Crippen molar-refractivity contribution in [1.29, 1.82) is 0 Å². The molecular formula is C24H23BClN7. The van der Waals surface area contributed by atoms with E-state index in [0.717, 1.165) is 56.9 Å². The fourth-order valence-corrected chi connectivity index (χ4v) is 4.15. The van der Waals surface area contributed by atoms with Gasteiger partial charge in [-0.15, -0.1) is 0 Å². The van der Waals surface area contributed by atoms with Crippen LogP contribution in [0, 0.1) is 13.8 Å². The standard InChI is InChI=1S/C24H23BClN7/c1-15-5-3-8-20(29-15)24-23(18-9-10-22-27-14-28-33(22)12-18)30-21(31-24)13-32(25)11-17-6-4-7-19(26)16(17)2/h3-10,12,14H,11,13,25H2,1-2H3,(H,30,31). The topological polar surface area (TPSA) is 75.0 Å². The highest BCUT2D eigenvalue weighted by atomic mass is 35.5. The summed E-state index contributed by atoms with van der Waals surface area (Å²) < 4.78 is 1.76. The van der Waals surface area contributed by atoms with E-state index in [-0.39, 0.29) is 0 Å². The van der Waals surface area contributed by atoms with Crippen LogP contribution in [0.1, 0.15) is 22.6 Å². The Kier molecular flexibility index (Phi) is 5.70. The number of aryl methyl sites for hydroxylation is 1. The normalized spacial score (nSPS) is 11.5. The maximum Gasteiger partial charge on any atom is 0.186 e. The van der Waals surface area contributed by atoms with E-state index in [1.165, 1.54) is 5.56 Å². The highest BCUT2D eigenvalue weighted by Crippen LogP contribution is 2.30. The van der Waals surface area contributed by atoms with Gasteiger partial charge in [-0.2, -0.15) is 5.10 Å². The molecule has 0 aliphatic heterocycles. The van der Waals surface area contributed by atoms with Crippen molar-refractivity contribution < 1.29 is 0 Å². The minimum Gasteiger partial charge on any atom is -0.340 e. The first-order valence-electron chi connectivity index (χ1n) is 10.7. The Labute approximate surface area is 197 Å². The number of H-pyrrole nitrogens is 1. The largest absolute Gasteiger partial charge is 0.340 e. The van der Waals surface area contributed by atoms with Crippen LogP contribution in [0.15, 0.2) is 61.1 Å². The van der Waals surface area contributed by atoms with E-state index in [1.54, 1.807) is 10.8 Å². The van der Waals surface area contributed by atoms with E-state index in [4.69, 9.17) is 21.6 Å². The molecule has 0 fully saturated rings. The lowest BCUT2D eigenvalue weighted by Crippen LogP contribution is -2.20. The first-order chi connectivity index (χ1) is 16.0. The first kappa shape index (κ1) is 21.4. The Morgan fingerprint density at radius 3 is 2.73 bits per heavy atom. The van der Waals surface area contributed by atoms with Gasteiger partial charge in [0.1, 0.15) is 17.8 Å². The van der Waals surface area contributed by atoms with Gasteiger partial charge in [0.2, 0.25) is 0 Å². The summed E-state index contributed by atoms with van der Waals surface area (Å²) in [5, 5.41) is 5.06. The molecule has 5 rings (SSSR count). The molecule has 0 amide bonds. The van der Waals surface area contributed by atoms with Crippen LogP contribution in [0.5, 0.6) is 0 Å². The van der Waals surface area contributed by atoms with Crippen LogP contribution in [0.3, 0.4) is 0 Å². The number of hydrogen-bond donors (Lipinski definition) is 1. The third kappa shape index (κ3) is 4.40. The molecule has 0 saturated heterocycles. The van der Waals surface area contributed by atoms with Gasteiger partial charge < -0.3 is 9.79 Å². The smallest absolute Gasteiger partial charge is 0.186 e. The van der Waals surface area contributed by atoms with Crippen LogP contribution in [-0.2, 0) is 13.1 Å².